The van der Waals surface area contributed by atoms with Crippen molar-refractivity contribution in [3.8, 4) is 0 Å². The number of aliphatic hydroxyl groups excluding tert-OH is 1. The molecule has 0 bridgehead atoms. The molecular weight excluding hydrogens is 230 g/mol. The summed E-state index contributed by atoms with van der Waals surface area (Å²) in [5, 5.41) is 14.0. The van der Waals surface area contributed by atoms with Crippen LogP contribution in [0.5, 0.6) is 0 Å². The standard InChI is InChI=1S/C14H25NO3/c16-13(11-1-5-15-6-2-11)12-3-7-18-14(9-12)4-8-17-10-14/h11-13,15-16H,1-10H2. The third kappa shape index (κ3) is 2.57. The second-order valence-electron chi connectivity index (χ2n) is 6.16. The fourth-order valence-corrected chi connectivity index (χ4v) is 3.79. The van der Waals surface area contributed by atoms with E-state index >= 15 is 0 Å². The Bertz CT molecular complexity index is 272. The van der Waals surface area contributed by atoms with Gasteiger partial charge in [0.05, 0.1) is 18.3 Å². The molecule has 3 rings (SSSR count). The van der Waals surface area contributed by atoms with Crippen molar-refractivity contribution in [2.24, 2.45) is 11.8 Å². The van der Waals surface area contributed by atoms with E-state index in [1.807, 2.05) is 0 Å². The smallest absolute Gasteiger partial charge is 0.0940 e. The van der Waals surface area contributed by atoms with E-state index in [2.05, 4.69) is 5.32 Å². The normalized spacial score (nSPS) is 40.2. The summed E-state index contributed by atoms with van der Waals surface area (Å²) >= 11 is 0. The lowest BCUT2D eigenvalue weighted by atomic mass is 9.76. The summed E-state index contributed by atoms with van der Waals surface area (Å²) < 4.78 is 11.4. The third-order valence-corrected chi connectivity index (χ3v) is 4.95. The minimum atomic E-state index is -0.145. The number of rotatable bonds is 2. The van der Waals surface area contributed by atoms with E-state index in [4.69, 9.17) is 9.47 Å². The molecule has 18 heavy (non-hydrogen) atoms. The summed E-state index contributed by atoms with van der Waals surface area (Å²) in [6.45, 7) is 4.44. The molecule has 4 nitrogen and oxygen atoms in total. The molecule has 3 atom stereocenters. The second kappa shape index (κ2) is 5.45. The van der Waals surface area contributed by atoms with Gasteiger partial charge in [-0.1, -0.05) is 0 Å². The van der Waals surface area contributed by atoms with Crippen LogP contribution in [0.4, 0.5) is 0 Å². The van der Waals surface area contributed by atoms with Gasteiger partial charge in [-0.05, 0) is 50.6 Å². The molecule has 3 saturated heterocycles. The van der Waals surface area contributed by atoms with Gasteiger partial charge in [0.2, 0.25) is 0 Å². The maximum atomic E-state index is 10.6. The largest absolute Gasteiger partial charge is 0.393 e. The lowest BCUT2D eigenvalue weighted by Gasteiger charge is -2.41. The van der Waals surface area contributed by atoms with Crippen molar-refractivity contribution in [2.45, 2.75) is 43.8 Å². The van der Waals surface area contributed by atoms with Crippen LogP contribution < -0.4 is 5.32 Å². The van der Waals surface area contributed by atoms with Crippen LogP contribution in [-0.4, -0.2) is 49.7 Å². The van der Waals surface area contributed by atoms with E-state index < -0.39 is 0 Å². The first-order valence-electron chi connectivity index (χ1n) is 7.40. The summed E-state index contributed by atoms with van der Waals surface area (Å²) in [6, 6.07) is 0. The highest BCUT2D eigenvalue weighted by molar-refractivity contribution is 4.93. The molecule has 0 amide bonds. The van der Waals surface area contributed by atoms with Crippen molar-refractivity contribution in [2.75, 3.05) is 32.9 Å². The zero-order valence-corrected chi connectivity index (χ0v) is 11.1. The van der Waals surface area contributed by atoms with Gasteiger partial charge in [-0.2, -0.15) is 0 Å². The molecule has 3 aliphatic heterocycles. The van der Waals surface area contributed by atoms with Crippen molar-refractivity contribution in [1.29, 1.82) is 0 Å². The Hall–Kier alpha value is -0.160. The maximum Gasteiger partial charge on any atom is 0.0940 e. The van der Waals surface area contributed by atoms with Crippen LogP contribution in [0.25, 0.3) is 0 Å². The highest BCUT2D eigenvalue weighted by Gasteiger charge is 2.44. The van der Waals surface area contributed by atoms with Gasteiger partial charge in [-0.3, -0.25) is 0 Å². The lowest BCUT2D eigenvalue weighted by Crippen LogP contribution is -2.46. The Morgan fingerprint density at radius 2 is 1.94 bits per heavy atom. The van der Waals surface area contributed by atoms with Gasteiger partial charge in [0.15, 0.2) is 0 Å². The summed E-state index contributed by atoms with van der Waals surface area (Å²) in [4.78, 5) is 0. The molecule has 0 aromatic heterocycles. The molecule has 0 aliphatic carbocycles. The average molecular weight is 255 g/mol. The lowest BCUT2D eigenvalue weighted by molar-refractivity contribution is -0.124. The minimum absolute atomic E-state index is 0.0726. The maximum absolute atomic E-state index is 10.6. The molecule has 3 unspecified atom stereocenters. The van der Waals surface area contributed by atoms with Gasteiger partial charge in [0.25, 0.3) is 0 Å². The van der Waals surface area contributed by atoms with Crippen LogP contribution in [0.15, 0.2) is 0 Å². The van der Waals surface area contributed by atoms with Crippen molar-refractivity contribution in [3.63, 3.8) is 0 Å². The zero-order valence-electron chi connectivity index (χ0n) is 11.1. The Balaban J connectivity index is 1.60. The third-order valence-electron chi connectivity index (χ3n) is 4.95. The van der Waals surface area contributed by atoms with E-state index in [0.29, 0.717) is 11.8 Å². The molecule has 3 aliphatic rings. The molecule has 0 aromatic rings. The molecular formula is C14H25NO3. The summed E-state index contributed by atoms with van der Waals surface area (Å²) in [5.74, 6) is 0.886. The molecule has 1 spiro atoms. The monoisotopic (exact) mass is 255 g/mol. The topological polar surface area (TPSA) is 50.7 Å². The highest BCUT2D eigenvalue weighted by Crippen LogP contribution is 2.39. The number of ether oxygens (including phenoxy) is 2. The highest BCUT2D eigenvalue weighted by atomic mass is 16.6. The van der Waals surface area contributed by atoms with Gasteiger partial charge in [0.1, 0.15) is 0 Å². The molecule has 4 heteroatoms. The minimum Gasteiger partial charge on any atom is -0.393 e. The van der Waals surface area contributed by atoms with Crippen LogP contribution in [0.1, 0.15) is 32.1 Å². The van der Waals surface area contributed by atoms with Crippen molar-refractivity contribution in [1.82, 2.24) is 5.32 Å². The van der Waals surface area contributed by atoms with E-state index in [9.17, 15) is 5.11 Å². The second-order valence-corrected chi connectivity index (χ2v) is 6.16. The van der Waals surface area contributed by atoms with Crippen LogP contribution >= 0.6 is 0 Å². The van der Waals surface area contributed by atoms with Gasteiger partial charge < -0.3 is 19.9 Å². The van der Waals surface area contributed by atoms with Crippen LogP contribution in [-0.2, 0) is 9.47 Å². The Kier molecular flexibility index (Phi) is 3.89. The van der Waals surface area contributed by atoms with Crippen LogP contribution in [0.2, 0.25) is 0 Å². The number of hydrogen-bond donors (Lipinski definition) is 2. The van der Waals surface area contributed by atoms with Crippen LogP contribution in [0.3, 0.4) is 0 Å². The zero-order chi connectivity index (χ0) is 12.4. The van der Waals surface area contributed by atoms with E-state index in [-0.39, 0.29) is 11.7 Å². The fourth-order valence-electron chi connectivity index (χ4n) is 3.79. The quantitative estimate of drug-likeness (QED) is 0.771. The number of aliphatic hydroxyl groups is 1. The van der Waals surface area contributed by atoms with E-state index in [1.165, 1.54) is 0 Å². The first-order valence-corrected chi connectivity index (χ1v) is 7.40. The summed E-state index contributed by atoms with van der Waals surface area (Å²) in [7, 11) is 0. The fraction of sp³-hybridized carbons (Fsp3) is 1.00. The number of hydrogen-bond acceptors (Lipinski definition) is 4. The van der Waals surface area contributed by atoms with E-state index in [0.717, 1.165) is 65.0 Å². The first-order chi connectivity index (χ1) is 8.79. The van der Waals surface area contributed by atoms with Crippen molar-refractivity contribution in [3.05, 3.63) is 0 Å². The Labute approximate surface area is 109 Å². The molecule has 0 radical (unpaired) electrons. The average Bonchev–Trinajstić information content (AvgIpc) is 2.87. The molecule has 0 saturated carbocycles. The Morgan fingerprint density at radius 1 is 1.11 bits per heavy atom. The predicted molar refractivity (Wildman–Crippen MR) is 68.4 cm³/mol. The van der Waals surface area contributed by atoms with Gasteiger partial charge in [-0.15, -0.1) is 0 Å². The van der Waals surface area contributed by atoms with Gasteiger partial charge >= 0.3 is 0 Å². The summed E-state index contributed by atoms with van der Waals surface area (Å²) in [5.41, 5.74) is -0.0726. The SMILES string of the molecule is OC(C1CCNCC1)C1CCOC2(CCOC2)C1. The molecule has 2 N–H and O–H groups in total. The predicted octanol–water partition coefficient (Wildman–Crippen LogP) is 0.933. The van der Waals surface area contributed by atoms with Gasteiger partial charge in [-0.25, -0.2) is 0 Å². The van der Waals surface area contributed by atoms with Crippen LogP contribution in [0, 0.1) is 11.8 Å². The van der Waals surface area contributed by atoms with Crippen molar-refractivity contribution < 1.29 is 14.6 Å². The molecule has 3 fully saturated rings. The first kappa shape index (κ1) is 12.9. The van der Waals surface area contributed by atoms with Gasteiger partial charge in [0, 0.05) is 19.6 Å². The molecule has 3 heterocycles. The summed E-state index contributed by atoms with van der Waals surface area (Å²) in [6.07, 6.45) is 5.07. The Morgan fingerprint density at radius 3 is 2.67 bits per heavy atom. The van der Waals surface area contributed by atoms with E-state index in [1.54, 1.807) is 0 Å². The number of nitrogens with one attached hydrogen (secondary N) is 1. The van der Waals surface area contributed by atoms with Crippen molar-refractivity contribution >= 4 is 0 Å². The number of piperidine rings is 1. The molecule has 0 aromatic carbocycles. The molecule has 104 valence electrons.